The van der Waals surface area contributed by atoms with Crippen LogP contribution in [0.4, 0.5) is 0 Å². The van der Waals surface area contributed by atoms with E-state index >= 15 is 0 Å². The van der Waals surface area contributed by atoms with Gasteiger partial charge in [0.1, 0.15) is 11.2 Å². The predicted molar refractivity (Wildman–Crippen MR) is 200 cm³/mol. The maximum absolute atomic E-state index is 9.31. The van der Waals surface area contributed by atoms with Crippen molar-refractivity contribution in [3.63, 3.8) is 0 Å². The van der Waals surface area contributed by atoms with E-state index in [1.54, 1.807) is 6.07 Å². The monoisotopic (exact) mass is 650 g/mol. The zero-order chi connectivity index (χ0) is 33.8. The van der Waals surface area contributed by atoms with Crippen molar-refractivity contribution >= 4 is 21.9 Å². The predicted octanol–water partition coefficient (Wildman–Crippen LogP) is 11.4. The second-order valence-electron chi connectivity index (χ2n) is 14.9. The summed E-state index contributed by atoms with van der Waals surface area (Å²) in [6.45, 7) is 4.89. The van der Waals surface area contributed by atoms with Crippen LogP contribution in [0.5, 0.6) is 0 Å². The third-order valence-electron chi connectivity index (χ3n) is 11.1. The van der Waals surface area contributed by atoms with Gasteiger partial charge < -0.3 is 4.42 Å². The SMILES string of the molecule is C[C@@H]1CC2C[C@H](C)CC(c3ccc(-c4nc(-c5ccccc5)nc(-c5ccc(-c6ccc7c(c6)oc6cc(C#N)ccc67)cc5)n4)cc3)(C2)C1. The first-order chi connectivity index (χ1) is 24.4. The van der Waals surface area contributed by atoms with Gasteiger partial charge >= 0.3 is 0 Å². The number of hydrogen-bond donors (Lipinski definition) is 0. The number of furan rings is 1. The maximum Gasteiger partial charge on any atom is 0.164 e. The minimum absolute atomic E-state index is 0.287. The first-order valence-corrected chi connectivity index (χ1v) is 17.8. The van der Waals surface area contributed by atoms with E-state index in [4.69, 9.17) is 19.4 Å². The van der Waals surface area contributed by atoms with Crippen molar-refractivity contribution in [1.82, 2.24) is 15.0 Å². The van der Waals surface area contributed by atoms with E-state index in [2.05, 4.69) is 98.8 Å². The molecule has 2 bridgehead atoms. The van der Waals surface area contributed by atoms with Crippen LogP contribution in [0.25, 0.3) is 67.2 Å². The van der Waals surface area contributed by atoms with Gasteiger partial charge in [0.2, 0.25) is 0 Å². The highest BCUT2D eigenvalue weighted by Crippen LogP contribution is 2.54. The van der Waals surface area contributed by atoms with Crippen molar-refractivity contribution in [3.05, 3.63) is 126 Å². The molecule has 7 aromatic rings. The summed E-state index contributed by atoms with van der Waals surface area (Å²) < 4.78 is 6.15. The number of aromatic nitrogens is 3. The molecule has 0 amide bonds. The zero-order valence-corrected chi connectivity index (χ0v) is 28.4. The van der Waals surface area contributed by atoms with E-state index in [1.165, 1.54) is 37.7 Å². The van der Waals surface area contributed by atoms with Crippen molar-refractivity contribution in [2.24, 2.45) is 17.8 Å². The molecule has 5 aromatic carbocycles. The lowest BCUT2D eigenvalue weighted by Crippen LogP contribution is -2.42. The molecule has 0 saturated heterocycles. The van der Waals surface area contributed by atoms with Crippen molar-refractivity contribution in [2.75, 3.05) is 0 Å². The molecule has 2 aliphatic carbocycles. The molecular weight excluding hydrogens is 613 g/mol. The fourth-order valence-electron chi connectivity index (χ4n) is 9.22. The van der Waals surface area contributed by atoms with Crippen LogP contribution in [0.15, 0.2) is 120 Å². The summed E-state index contributed by atoms with van der Waals surface area (Å²) in [5, 5.41) is 11.4. The molecule has 5 heteroatoms. The van der Waals surface area contributed by atoms with Crippen LogP contribution < -0.4 is 0 Å². The Morgan fingerprint density at radius 1 is 0.580 bits per heavy atom. The number of rotatable bonds is 5. The van der Waals surface area contributed by atoms with Gasteiger partial charge in [-0.3, -0.25) is 0 Å². The topological polar surface area (TPSA) is 75.6 Å². The molecule has 5 nitrogen and oxygen atoms in total. The van der Waals surface area contributed by atoms with Crippen molar-refractivity contribution in [2.45, 2.75) is 51.4 Å². The lowest BCUT2D eigenvalue weighted by molar-refractivity contribution is 0.0780. The second-order valence-corrected chi connectivity index (χ2v) is 14.9. The van der Waals surface area contributed by atoms with Crippen LogP contribution in [0.1, 0.15) is 57.1 Å². The van der Waals surface area contributed by atoms with E-state index < -0.39 is 0 Å². The Hall–Kier alpha value is -5.60. The first-order valence-electron chi connectivity index (χ1n) is 17.8. The average Bonchev–Trinajstić information content (AvgIpc) is 3.51. The number of nitrogens with zero attached hydrogens (tertiary/aromatic N) is 4. The third-order valence-corrected chi connectivity index (χ3v) is 11.1. The van der Waals surface area contributed by atoms with Gasteiger partial charge in [-0.2, -0.15) is 5.26 Å². The zero-order valence-electron chi connectivity index (χ0n) is 28.4. The van der Waals surface area contributed by atoms with Gasteiger partial charge in [-0.15, -0.1) is 0 Å². The molecule has 0 aliphatic heterocycles. The summed E-state index contributed by atoms with van der Waals surface area (Å²) >= 11 is 0. The van der Waals surface area contributed by atoms with Gasteiger partial charge in [-0.1, -0.05) is 98.8 Å². The number of hydrogen-bond acceptors (Lipinski definition) is 5. The number of fused-ring (bicyclic) bond motifs is 5. The summed E-state index contributed by atoms with van der Waals surface area (Å²) in [6.07, 6.45) is 6.64. The maximum atomic E-state index is 9.31. The van der Waals surface area contributed by atoms with Crippen LogP contribution in [-0.2, 0) is 5.41 Å². The standard InChI is InChI=1S/C45H38N4O/c1-28-20-31-21-29(2)25-45(24-28,26-31)37-16-13-35(14-17-37)44-48-42(33-6-4-3-5-7-33)47-43(49-44)34-11-9-32(10-12-34)36-15-19-39-38-18-8-30(27-46)22-40(38)50-41(39)23-36/h3-19,22-23,28-29,31H,20-21,24-26H2,1-2H3/t28-,29+,31?,45?. The van der Waals surface area contributed by atoms with Crippen molar-refractivity contribution in [3.8, 4) is 51.4 Å². The molecule has 2 heterocycles. The minimum atomic E-state index is 0.287. The van der Waals surface area contributed by atoms with Gasteiger partial charge in [0.25, 0.3) is 0 Å². The van der Waals surface area contributed by atoms with E-state index in [0.29, 0.717) is 23.0 Å². The molecule has 2 unspecified atom stereocenters. The van der Waals surface area contributed by atoms with Crippen LogP contribution in [-0.4, -0.2) is 15.0 Å². The smallest absolute Gasteiger partial charge is 0.164 e. The number of benzene rings is 5. The largest absolute Gasteiger partial charge is 0.456 e. The summed E-state index contributed by atoms with van der Waals surface area (Å²) in [5.41, 5.74) is 8.89. The van der Waals surface area contributed by atoms with Gasteiger partial charge in [-0.25, -0.2) is 15.0 Å². The summed E-state index contributed by atoms with van der Waals surface area (Å²) in [5.74, 6) is 4.40. The molecule has 9 rings (SSSR count). The lowest BCUT2D eigenvalue weighted by Gasteiger charge is -2.50. The second kappa shape index (κ2) is 12.1. The Labute approximate surface area is 292 Å². The van der Waals surface area contributed by atoms with Crippen molar-refractivity contribution < 1.29 is 4.42 Å². The van der Waals surface area contributed by atoms with Crippen LogP contribution >= 0.6 is 0 Å². The molecule has 0 N–H and O–H groups in total. The Morgan fingerprint density at radius 3 is 1.72 bits per heavy atom. The van der Waals surface area contributed by atoms with E-state index in [-0.39, 0.29) is 5.41 Å². The molecule has 4 atom stereocenters. The summed E-state index contributed by atoms with van der Waals surface area (Å²) in [4.78, 5) is 15.0. The van der Waals surface area contributed by atoms with Crippen molar-refractivity contribution in [1.29, 1.82) is 5.26 Å². The molecule has 0 spiro atoms. The average molecular weight is 651 g/mol. The van der Waals surface area contributed by atoms with Crippen LogP contribution in [0.3, 0.4) is 0 Å². The molecule has 2 saturated carbocycles. The molecular formula is C45H38N4O. The highest BCUT2D eigenvalue weighted by atomic mass is 16.3. The van der Waals surface area contributed by atoms with Gasteiger partial charge in [-0.05, 0) is 102 Å². The fraction of sp³-hybridized carbons (Fsp3) is 0.244. The highest BCUT2D eigenvalue weighted by molar-refractivity contribution is 6.06. The molecule has 2 aromatic heterocycles. The van der Waals surface area contributed by atoms with Gasteiger partial charge in [0.05, 0.1) is 11.6 Å². The fourth-order valence-corrected chi connectivity index (χ4v) is 9.22. The minimum Gasteiger partial charge on any atom is -0.456 e. The quantitative estimate of drug-likeness (QED) is 0.185. The Balaban J connectivity index is 1.06. The molecule has 2 fully saturated rings. The third kappa shape index (κ3) is 5.46. The Kier molecular flexibility index (Phi) is 7.35. The Morgan fingerprint density at radius 2 is 1.10 bits per heavy atom. The molecule has 244 valence electrons. The Bertz CT molecular complexity index is 2380. The van der Waals surface area contributed by atoms with E-state index in [9.17, 15) is 5.26 Å². The van der Waals surface area contributed by atoms with Gasteiger partial charge in [0.15, 0.2) is 17.5 Å². The highest BCUT2D eigenvalue weighted by Gasteiger charge is 2.45. The number of nitriles is 1. The van der Waals surface area contributed by atoms with Crippen LogP contribution in [0, 0.1) is 29.1 Å². The van der Waals surface area contributed by atoms with Crippen LogP contribution in [0.2, 0.25) is 0 Å². The molecule has 0 radical (unpaired) electrons. The summed E-state index contributed by atoms with van der Waals surface area (Å²) in [6, 6.07) is 41.7. The summed E-state index contributed by atoms with van der Waals surface area (Å²) in [7, 11) is 0. The normalized spacial score (nSPS) is 21.7. The van der Waals surface area contributed by atoms with E-state index in [0.717, 1.165) is 67.5 Å². The van der Waals surface area contributed by atoms with Gasteiger partial charge in [0, 0.05) is 27.5 Å². The molecule has 50 heavy (non-hydrogen) atoms. The first kappa shape index (κ1) is 30.5. The van der Waals surface area contributed by atoms with E-state index in [1.807, 2.05) is 30.3 Å². The molecule has 2 aliphatic rings. The lowest BCUT2D eigenvalue weighted by atomic mass is 9.54.